The minimum atomic E-state index is 0.468. The second-order valence-corrected chi connectivity index (χ2v) is 6.12. The highest BCUT2D eigenvalue weighted by molar-refractivity contribution is 9.10. The first-order chi connectivity index (χ1) is 12.2. The van der Waals surface area contributed by atoms with Crippen molar-refractivity contribution in [1.29, 1.82) is 0 Å². The number of hydrogen-bond donors (Lipinski definition) is 1. The van der Waals surface area contributed by atoms with E-state index in [1.54, 1.807) is 20.3 Å². The number of rotatable bonds is 6. The van der Waals surface area contributed by atoms with Crippen LogP contribution in [0.1, 0.15) is 5.56 Å². The van der Waals surface area contributed by atoms with Crippen LogP contribution in [0.4, 0.5) is 5.69 Å². The van der Waals surface area contributed by atoms with E-state index in [0.29, 0.717) is 24.1 Å². The summed E-state index contributed by atoms with van der Waals surface area (Å²) in [6.07, 6.45) is 0. The Morgan fingerprint density at radius 3 is 2.24 bits per heavy atom. The first-order valence-corrected chi connectivity index (χ1v) is 8.54. The van der Waals surface area contributed by atoms with E-state index in [2.05, 4.69) is 37.3 Å². The maximum atomic E-state index is 5.25. The number of nitrogens with zero attached hydrogens (tertiary/aromatic N) is 2. The van der Waals surface area contributed by atoms with E-state index in [0.717, 1.165) is 21.3 Å². The Balaban J connectivity index is 1.92. The van der Waals surface area contributed by atoms with E-state index in [9.17, 15) is 0 Å². The van der Waals surface area contributed by atoms with E-state index in [-0.39, 0.29) is 0 Å². The highest BCUT2D eigenvalue weighted by Crippen LogP contribution is 2.27. The highest BCUT2D eigenvalue weighted by atomic mass is 79.9. The summed E-state index contributed by atoms with van der Waals surface area (Å²) in [5, 5.41) is 3.43. The van der Waals surface area contributed by atoms with E-state index in [1.165, 1.54) is 0 Å². The van der Waals surface area contributed by atoms with Crippen molar-refractivity contribution in [2.24, 2.45) is 0 Å². The lowest BCUT2D eigenvalue weighted by Gasteiger charge is -2.13. The number of ether oxygens (including phenoxy) is 2. The highest BCUT2D eigenvalue weighted by Gasteiger charge is 2.12. The summed E-state index contributed by atoms with van der Waals surface area (Å²) in [5.41, 5.74) is 3.04. The third kappa shape index (κ3) is 4.09. The van der Waals surface area contributed by atoms with E-state index in [4.69, 9.17) is 9.47 Å². The molecular formula is C19H18BrN3O2. The van der Waals surface area contributed by atoms with E-state index in [1.807, 2.05) is 42.5 Å². The maximum Gasteiger partial charge on any atom is 0.220 e. The number of para-hydroxylation sites is 1. The zero-order chi connectivity index (χ0) is 17.6. The van der Waals surface area contributed by atoms with Crippen LogP contribution >= 0.6 is 15.9 Å². The number of hydrogen-bond acceptors (Lipinski definition) is 5. The van der Waals surface area contributed by atoms with Gasteiger partial charge in [0.25, 0.3) is 0 Å². The van der Waals surface area contributed by atoms with Gasteiger partial charge >= 0.3 is 0 Å². The summed E-state index contributed by atoms with van der Waals surface area (Å²) in [7, 11) is 3.15. The quantitative estimate of drug-likeness (QED) is 0.659. The van der Waals surface area contributed by atoms with Crippen molar-refractivity contribution >= 4 is 21.6 Å². The number of anilines is 1. The molecule has 0 spiro atoms. The summed E-state index contributed by atoms with van der Waals surface area (Å²) in [6, 6.07) is 17.7. The molecule has 0 amide bonds. The van der Waals surface area contributed by atoms with Crippen molar-refractivity contribution in [3.8, 4) is 23.1 Å². The number of benzene rings is 2. The molecule has 5 nitrogen and oxygen atoms in total. The van der Waals surface area contributed by atoms with Crippen LogP contribution in [0.5, 0.6) is 11.8 Å². The van der Waals surface area contributed by atoms with Crippen LogP contribution in [0.2, 0.25) is 0 Å². The van der Waals surface area contributed by atoms with E-state index < -0.39 is 0 Å². The second kappa shape index (κ2) is 7.98. The predicted molar refractivity (Wildman–Crippen MR) is 102 cm³/mol. The van der Waals surface area contributed by atoms with Gasteiger partial charge in [-0.15, -0.1) is 0 Å². The fourth-order valence-electron chi connectivity index (χ4n) is 2.42. The second-order valence-electron chi connectivity index (χ2n) is 5.27. The lowest BCUT2D eigenvalue weighted by atomic mass is 10.1. The van der Waals surface area contributed by atoms with E-state index >= 15 is 0 Å². The van der Waals surface area contributed by atoms with Crippen LogP contribution in [0, 0.1) is 0 Å². The van der Waals surface area contributed by atoms with Gasteiger partial charge in [-0.05, 0) is 33.6 Å². The summed E-state index contributed by atoms with van der Waals surface area (Å²) in [6.45, 7) is 0.641. The molecule has 0 unspecified atom stereocenters. The Morgan fingerprint density at radius 1 is 0.920 bits per heavy atom. The third-order valence-electron chi connectivity index (χ3n) is 3.70. The summed E-state index contributed by atoms with van der Waals surface area (Å²) in [4.78, 5) is 8.91. The number of aromatic nitrogens is 2. The van der Waals surface area contributed by atoms with Crippen LogP contribution in [0.25, 0.3) is 11.4 Å². The molecule has 0 aliphatic carbocycles. The summed E-state index contributed by atoms with van der Waals surface area (Å²) < 4.78 is 11.5. The Kier molecular flexibility index (Phi) is 5.50. The molecule has 3 aromatic rings. The zero-order valence-electron chi connectivity index (χ0n) is 14.0. The Hall–Kier alpha value is -2.60. The molecule has 0 aliphatic rings. The molecular weight excluding hydrogens is 382 g/mol. The third-order valence-corrected chi connectivity index (χ3v) is 4.39. The molecule has 2 aromatic carbocycles. The molecule has 0 saturated heterocycles. The first kappa shape index (κ1) is 17.2. The van der Waals surface area contributed by atoms with Crippen LogP contribution < -0.4 is 14.8 Å². The molecule has 0 saturated carbocycles. The summed E-state index contributed by atoms with van der Waals surface area (Å²) >= 11 is 3.55. The van der Waals surface area contributed by atoms with Crippen LogP contribution in [-0.2, 0) is 6.54 Å². The van der Waals surface area contributed by atoms with Gasteiger partial charge in [0.15, 0.2) is 5.82 Å². The first-order valence-electron chi connectivity index (χ1n) is 7.75. The van der Waals surface area contributed by atoms with Gasteiger partial charge < -0.3 is 14.8 Å². The normalized spacial score (nSPS) is 10.4. The van der Waals surface area contributed by atoms with Gasteiger partial charge in [0.05, 0.1) is 20.3 Å². The molecule has 0 radical (unpaired) electrons. The lowest BCUT2D eigenvalue weighted by Crippen LogP contribution is -2.04. The van der Waals surface area contributed by atoms with Gasteiger partial charge in [0.1, 0.15) is 0 Å². The fraction of sp³-hybridized carbons (Fsp3) is 0.158. The minimum Gasteiger partial charge on any atom is -0.481 e. The van der Waals surface area contributed by atoms with Crippen molar-refractivity contribution in [2.45, 2.75) is 6.54 Å². The molecule has 1 heterocycles. The summed E-state index contributed by atoms with van der Waals surface area (Å²) in [5.74, 6) is 1.51. The fourth-order valence-corrected chi connectivity index (χ4v) is 2.85. The number of nitrogens with one attached hydrogen (secondary N) is 1. The molecule has 1 N–H and O–H groups in total. The largest absolute Gasteiger partial charge is 0.481 e. The van der Waals surface area contributed by atoms with Gasteiger partial charge in [0, 0.05) is 22.3 Å². The molecule has 128 valence electrons. The smallest absolute Gasteiger partial charge is 0.220 e. The maximum absolute atomic E-state index is 5.25. The SMILES string of the molecule is COc1cc(OC)nc(-c2ccccc2CNc2ccccc2Br)n1. The van der Waals surface area contributed by atoms with Crippen LogP contribution in [-0.4, -0.2) is 24.2 Å². The number of halogens is 1. The van der Waals surface area contributed by atoms with Crippen molar-refractivity contribution < 1.29 is 9.47 Å². The van der Waals surface area contributed by atoms with Gasteiger partial charge in [-0.3, -0.25) is 0 Å². The van der Waals surface area contributed by atoms with Crippen molar-refractivity contribution in [2.75, 3.05) is 19.5 Å². The molecule has 0 fully saturated rings. The molecule has 0 atom stereocenters. The average molecular weight is 400 g/mol. The average Bonchev–Trinajstić information content (AvgIpc) is 2.67. The molecule has 3 rings (SSSR count). The van der Waals surface area contributed by atoms with Crippen LogP contribution in [0.3, 0.4) is 0 Å². The van der Waals surface area contributed by atoms with Gasteiger partial charge in [-0.1, -0.05) is 36.4 Å². The lowest BCUT2D eigenvalue weighted by molar-refractivity contribution is 0.372. The Labute approximate surface area is 155 Å². The van der Waals surface area contributed by atoms with Crippen molar-refractivity contribution in [3.63, 3.8) is 0 Å². The topological polar surface area (TPSA) is 56.3 Å². The van der Waals surface area contributed by atoms with Gasteiger partial charge in [0.2, 0.25) is 11.8 Å². The molecule has 1 aromatic heterocycles. The molecule has 6 heteroatoms. The number of methoxy groups -OCH3 is 2. The van der Waals surface area contributed by atoms with Crippen molar-refractivity contribution in [1.82, 2.24) is 9.97 Å². The molecule has 0 bridgehead atoms. The Morgan fingerprint density at radius 2 is 1.56 bits per heavy atom. The standard InChI is InChI=1S/C19H18BrN3O2/c1-24-17-11-18(25-2)23-19(22-17)14-8-4-3-7-13(14)12-21-16-10-6-5-9-15(16)20/h3-11,21H,12H2,1-2H3. The van der Waals surface area contributed by atoms with Gasteiger partial charge in [-0.2, -0.15) is 9.97 Å². The molecule has 0 aliphatic heterocycles. The Bertz CT molecular complexity index is 849. The van der Waals surface area contributed by atoms with Crippen molar-refractivity contribution in [3.05, 3.63) is 64.6 Å². The minimum absolute atomic E-state index is 0.468. The monoisotopic (exact) mass is 399 g/mol. The predicted octanol–water partition coefficient (Wildman–Crippen LogP) is 4.54. The molecule has 25 heavy (non-hydrogen) atoms. The van der Waals surface area contributed by atoms with Crippen LogP contribution in [0.15, 0.2) is 59.1 Å². The van der Waals surface area contributed by atoms with Gasteiger partial charge in [-0.25, -0.2) is 0 Å². The zero-order valence-corrected chi connectivity index (χ0v) is 15.6.